The van der Waals surface area contributed by atoms with Crippen molar-refractivity contribution >= 4 is 33.1 Å². The summed E-state index contributed by atoms with van der Waals surface area (Å²) in [6.45, 7) is 13.3. The Balaban J connectivity index is 1.06. The summed E-state index contributed by atoms with van der Waals surface area (Å²) in [4.78, 5) is 32.8. The van der Waals surface area contributed by atoms with Crippen LogP contribution >= 0.6 is 0 Å². The van der Waals surface area contributed by atoms with Crippen molar-refractivity contribution in [3.05, 3.63) is 235 Å². The number of para-hydroxylation sites is 6. The third kappa shape index (κ3) is 8.54. The number of benzene rings is 9. The highest BCUT2D eigenvalue weighted by Crippen LogP contribution is 2.41. The van der Waals surface area contributed by atoms with Crippen molar-refractivity contribution < 1.29 is 0 Å². The molecule has 4 aromatic heterocycles. The fraction of sp³-hybridized carbons (Fsp3) is 0.130. The molecule has 0 amide bonds. The van der Waals surface area contributed by atoms with Crippen LogP contribution in [0.5, 0.6) is 0 Å². The first-order valence-corrected chi connectivity index (χ1v) is 27.0. The van der Waals surface area contributed by atoms with Crippen LogP contribution in [0.15, 0.2) is 218 Å². The minimum absolute atomic E-state index is 0.395. The van der Waals surface area contributed by atoms with Gasteiger partial charge in [0.1, 0.15) is 17.5 Å². The molecule has 13 rings (SSSR count). The van der Waals surface area contributed by atoms with E-state index in [9.17, 15) is 0 Å². The van der Waals surface area contributed by atoms with Gasteiger partial charge in [0.2, 0.25) is 0 Å². The number of aromatic nitrogens is 9. The third-order valence-electron chi connectivity index (χ3n) is 15.0. The zero-order chi connectivity index (χ0) is 53.0. The predicted molar refractivity (Wildman–Crippen MR) is 319 cm³/mol. The molecule has 0 aliphatic heterocycles. The molecule has 0 spiro atoms. The molecule has 0 N–H and O–H groups in total. The topological polar surface area (TPSA) is 92.1 Å². The summed E-state index contributed by atoms with van der Waals surface area (Å²) in [5, 5.41) is 0. The van der Waals surface area contributed by atoms with E-state index in [-0.39, 0.29) is 0 Å². The SMILES string of the molecule is CC(C)c1ccc(-n2c(-c3ccccc3-c3nc(-c4ccccc4-c4nc5ccccc5n4-c4ccc(C(C)C)cc4)nc(-c4ccccc4-c4nc5ccccc5n4-c4ccc(C(C)C)cc4)n3)nc3ccccc32)cc1. The van der Waals surface area contributed by atoms with Crippen LogP contribution in [0.25, 0.3) is 118 Å². The molecule has 13 aromatic rings. The average molecular weight is 1010 g/mol. The van der Waals surface area contributed by atoms with E-state index in [1.54, 1.807) is 0 Å². The minimum Gasteiger partial charge on any atom is -0.292 e. The van der Waals surface area contributed by atoms with Gasteiger partial charge >= 0.3 is 0 Å². The maximum Gasteiger partial charge on any atom is 0.164 e. The molecule has 4 heterocycles. The van der Waals surface area contributed by atoms with Crippen molar-refractivity contribution in [3.63, 3.8) is 0 Å². The summed E-state index contributed by atoms with van der Waals surface area (Å²) in [5.41, 5.74) is 17.6. The van der Waals surface area contributed by atoms with Gasteiger partial charge in [0.25, 0.3) is 0 Å². The fourth-order valence-corrected chi connectivity index (χ4v) is 10.8. The largest absolute Gasteiger partial charge is 0.292 e. The average Bonchev–Trinajstić information content (AvgIpc) is 4.34. The van der Waals surface area contributed by atoms with E-state index in [1.165, 1.54) is 16.7 Å². The Morgan fingerprint density at radius 1 is 0.244 bits per heavy atom. The molecule has 0 fully saturated rings. The highest BCUT2D eigenvalue weighted by molar-refractivity contribution is 5.92. The van der Waals surface area contributed by atoms with Crippen molar-refractivity contribution in [2.24, 2.45) is 0 Å². The second kappa shape index (κ2) is 19.8. The lowest BCUT2D eigenvalue weighted by Gasteiger charge is -2.17. The van der Waals surface area contributed by atoms with E-state index in [0.717, 1.165) is 101 Å². The fourth-order valence-electron chi connectivity index (χ4n) is 10.8. The molecule has 0 saturated carbocycles. The van der Waals surface area contributed by atoms with E-state index < -0.39 is 0 Å². The molecule has 9 aromatic carbocycles. The van der Waals surface area contributed by atoms with Crippen LogP contribution < -0.4 is 0 Å². The second-order valence-electron chi connectivity index (χ2n) is 21.0. The van der Waals surface area contributed by atoms with Crippen LogP contribution in [0, 0.1) is 0 Å². The van der Waals surface area contributed by atoms with Gasteiger partial charge in [-0.05, 0) is 107 Å². The summed E-state index contributed by atoms with van der Waals surface area (Å²) in [5.74, 6) is 5.03. The molecule has 0 aliphatic rings. The lowest BCUT2D eigenvalue weighted by Crippen LogP contribution is -2.05. The Morgan fingerprint density at radius 2 is 0.474 bits per heavy atom. The summed E-state index contributed by atoms with van der Waals surface area (Å²) in [6.07, 6.45) is 0. The maximum atomic E-state index is 5.55. The zero-order valence-electron chi connectivity index (χ0n) is 44.5. The van der Waals surface area contributed by atoms with Gasteiger partial charge in [-0.25, -0.2) is 29.9 Å². The molecule has 78 heavy (non-hydrogen) atoms. The summed E-state index contributed by atoms with van der Waals surface area (Å²) >= 11 is 0. The lowest BCUT2D eigenvalue weighted by molar-refractivity contribution is 0.865. The Bertz CT molecular complexity index is 3890. The summed E-state index contributed by atoms with van der Waals surface area (Å²) < 4.78 is 6.76. The van der Waals surface area contributed by atoms with Gasteiger partial charge in [-0.1, -0.05) is 187 Å². The predicted octanol–water partition coefficient (Wildman–Crippen LogP) is 17.3. The smallest absolute Gasteiger partial charge is 0.164 e. The minimum atomic E-state index is 0.395. The molecule has 0 unspecified atom stereocenters. The monoisotopic (exact) mass is 1010 g/mol. The highest BCUT2D eigenvalue weighted by atomic mass is 15.1. The molecule has 0 bridgehead atoms. The zero-order valence-corrected chi connectivity index (χ0v) is 44.5. The van der Waals surface area contributed by atoms with Crippen molar-refractivity contribution in [2.45, 2.75) is 59.3 Å². The van der Waals surface area contributed by atoms with Gasteiger partial charge in [0.05, 0.1) is 33.1 Å². The van der Waals surface area contributed by atoms with Crippen LogP contribution in [0.3, 0.4) is 0 Å². The van der Waals surface area contributed by atoms with E-state index >= 15 is 0 Å². The third-order valence-corrected chi connectivity index (χ3v) is 15.0. The van der Waals surface area contributed by atoms with Gasteiger partial charge in [0, 0.05) is 50.4 Å². The molecule has 378 valence electrons. The Kier molecular flexibility index (Phi) is 12.2. The Morgan fingerprint density at radius 3 is 0.731 bits per heavy atom. The number of imidazole rings is 3. The van der Waals surface area contributed by atoms with Crippen LogP contribution in [0.2, 0.25) is 0 Å². The summed E-state index contributed by atoms with van der Waals surface area (Å²) in [6, 6.07) is 76.5. The van der Waals surface area contributed by atoms with E-state index in [0.29, 0.717) is 35.2 Å². The van der Waals surface area contributed by atoms with Crippen LogP contribution in [0.4, 0.5) is 0 Å². The van der Waals surface area contributed by atoms with Crippen molar-refractivity contribution in [1.82, 2.24) is 43.6 Å². The maximum absolute atomic E-state index is 5.55. The highest BCUT2D eigenvalue weighted by Gasteiger charge is 2.26. The van der Waals surface area contributed by atoms with Crippen molar-refractivity contribution in [3.8, 4) is 85.4 Å². The first-order valence-electron chi connectivity index (χ1n) is 27.0. The molecular weight excluding hydrogens is 955 g/mol. The van der Waals surface area contributed by atoms with Gasteiger partial charge in [0.15, 0.2) is 17.5 Å². The molecule has 0 aliphatic carbocycles. The quantitative estimate of drug-likeness (QED) is 0.121. The van der Waals surface area contributed by atoms with Crippen LogP contribution in [-0.2, 0) is 0 Å². The number of nitrogens with zero attached hydrogens (tertiary/aromatic N) is 9. The van der Waals surface area contributed by atoms with E-state index in [1.807, 2.05) is 36.4 Å². The number of rotatable bonds is 12. The normalized spacial score (nSPS) is 11.8. The van der Waals surface area contributed by atoms with Crippen LogP contribution in [0.1, 0.15) is 76.0 Å². The number of hydrogen-bond donors (Lipinski definition) is 0. The van der Waals surface area contributed by atoms with E-state index in [2.05, 4.69) is 237 Å². The molecule has 0 atom stereocenters. The molecule has 0 radical (unpaired) electrons. The van der Waals surface area contributed by atoms with E-state index in [4.69, 9.17) is 29.9 Å². The lowest BCUT2D eigenvalue weighted by atomic mass is 10.0. The van der Waals surface area contributed by atoms with Crippen molar-refractivity contribution in [1.29, 1.82) is 0 Å². The molecule has 0 saturated heterocycles. The van der Waals surface area contributed by atoms with Gasteiger partial charge in [-0.2, -0.15) is 0 Å². The second-order valence-corrected chi connectivity index (χ2v) is 21.0. The van der Waals surface area contributed by atoms with Gasteiger partial charge < -0.3 is 0 Å². The summed E-state index contributed by atoms with van der Waals surface area (Å²) in [7, 11) is 0. The molecule has 9 nitrogen and oxygen atoms in total. The number of hydrogen-bond acceptors (Lipinski definition) is 6. The Labute approximate surface area is 454 Å². The van der Waals surface area contributed by atoms with Crippen molar-refractivity contribution in [2.75, 3.05) is 0 Å². The van der Waals surface area contributed by atoms with Crippen LogP contribution in [-0.4, -0.2) is 43.6 Å². The van der Waals surface area contributed by atoms with Gasteiger partial charge in [-0.15, -0.1) is 0 Å². The Hall–Kier alpha value is -9.60. The first kappa shape index (κ1) is 48.1. The number of fused-ring (bicyclic) bond motifs is 3. The standard InChI is InChI=1S/C69H57N9/c1-43(2)46-31-37-49(38-32-46)76-61-28-16-13-25-58(61)70-67(76)55-22-10-7-19-52(55)64-73-65(53-20-8-11-23-56(53)68-71-59-26-14-17-29-62(59)77(68)50-39-33-47(34-40-50)44(3)4)75-66(74-64)54-21-9-12-24-57(54)69-72-60-27-15-18-30-63(60)78(69)51-41-35-48(36-42-51)45(5)6/h7-45H,1-6H3. The first-order chi connectivity index (χ1) is 38.2. The molecular formula is C69H57N9. The molecule has 9 heteroatoms. The van der Waals surface area contributed by atoms with Gasteiger partial charge in [-0.3, -0.25) is 13.7 Å².